The predicted octanol–water partition coefficient (Wildman–Crippen LogP) is 4.27. The molecular formula is C27H20F5N9O2. The van der Waals surface area contributed by atoms with E-state index >= 15 is 0 Å². The number of benzene rings is 1. The Morgan fingerprint density at radius 1 is 0.977 bits per heavy atom. The first-order valence-corrected chi connectivity index (χ1v) is 12.8. The van der Waals surface area contributed by atoms with Crippen molar-refractivity contribution >= 4 is 23.4 Å². The molecule has 1 aliphatic heterocycles. The van der Waals surface area contributed by atoms with E-state index in [1.807, 2.05) is 5.32 Å². The number of fused-ring (bicyclic) bond motifs is 2. The van der Waals surface area contributed by atoms with E-state index in [1.165, 1.54) is 45.9 Å². The summed E-state index contributed by atoms with van der Waals surface area (Å²) in [6, 6.07) is 10.3. The maximum absolute atomic E-state index is 13.7. The van der Waals surface area contributed by atoms with Crippen LogP contribution in [0.3, 0.4) is 0 Å². The maximum Gasteiger partial charge on any atom is 0.405 e. The summed E-state index contributed by atoms with van der Waals surface area (Å²) in [7, 11) is 0. The van der Waals surface area contributed by atoms with Gasteiger partial charge in [0.25, 0.3) is 5.91 Å². The lowest BCUT2D eigenvalue weighted by atomic mass is 10.0. The highest BCUT2D eigenvalue weighted by molar-refractivity contribution is 6.03. The van der Waals surface area contributed by atoms with E-state index in [0.29, 0.717) is 33.9 Å². The van der Waals surface area contributed by atoms with Gasteiger partial charge in [-0.1, -0.05) is 0 Å². The number of urea groups is 1. The molecule has 5 heterocycles. The Balaban J connectivity index is 1.36. The van der Waals surface area contributed by atoms with Crippen LogP contribution in [0.4, 0.5) is 32.6 Å². The zero-order valence-electron chi connectivity index (χ0n) is 21.9. The van der Waals surface area contributed by atoms with Crippen LogP contribution in [0.15, 0.2) is 60.9 Å². The molecule has 4 aromatic heterocycles. The van der Waals surface area contributed by atoms with Crippen LogP contribution in [0.25, 0.3) is 28.2 Å². The lowest BCUT2D eigenvalue weighted by Gasteiger charge is -2.28. The smallest absolute Gasteiger partial charge is 0.329 e. The molecule has 5 aromatic rings. The molecule has 0 saturated heterocycles. The van der Waals surface area contributed by atoms with Crippen molar-refractivity contribution < 1.29 is 31.5 Å². The highest BCUT2D eigenvalue weighted by Crippen LogP contribution is 2.36. The van der Waals surface area contributed by atoms with E-state index in [1.54, 1.807) is 16.8 Å². The Bertz CT molecular complexity index is 1850. The quantitative estimate of drug-likeness (QED) is 0.231. The van der Waals surface area contributed by atoms with Crippen LogP contribution >= 0.6 is 0 Å². The number of nitrogens with zero attached hydrogens (tertiary/aromatic N) is 7. The largest absolute Gasteiger partial charge is 0.405 e. The molecule has 43 heavy (non-hydrogen) atoms. The molecule has 220 valence electrons. The number of imidazole rings is 1. The number of amides is 3. The first-order chi connectivity index (χ1) is 20.5. The molecular weight excluding hydrogens is 577 g/mol. The fourth-order valence-electron chi connectivity index (χ4n) is 4.67. The minimum Gasteiger partial charge on any atom is -0.329 e. The number of carbonyl (C=O) groups excluding carboxylic acids is 2. The molecule has 2 N–H and O–H groups in total. The Morgan fingerprint density at radius 3 is 2.51 bits per heavy atom. The van der Waals surface area contributed by atoms with E-state index in [-0.39, 0.29) is 31.0 Å². The SMILES string of the molecule is O=C(Nc1cn2nc(-c3c(-c4ccc(F)cc4)nn4c3CN(C(=O)NCC(F)(F)F)CC4)ccc2n1)c1ccnc(F)c1. The third kappa shape index (κ3) is 5.84. The van der Waals surface area contributed by atoms with Gasteiger partial charge in [0, 0.05) is 29.9 Å². The Kier molecular flexibility index (Phi) is 6.95. The molecule has 1 aromatic carbocycles. The molecule has 0 spiro atoms. The van der Waals surface area contributed by atoms with Gasteiger partial charge in [-0.25, -0.2) is 23.7 Å². The minimum atomic E-state index is -4.56. The van der Waals surface area contributed by atoms with Crippen molar-refractivity contribution in [1.82, 2.24) is 39.6 Å². The van der Waals surface area contributed by atoms with Crippen LogP contribution < -0.4 is 10.6 Å². The first kappa shape index (κ1) is 27.7. The molecule has 0 bridgehead atoms. The van der Waals surface area contributed by atoms with Gasteiger partial charge >= 0.3 is 12.2 Å². The zero-order chi connectivity index (χ0) is 30.3. The number of alkyl halides is 3. The highest BCUT2D eigenvalue weighted by Gasteiger charge is 2.32. The number of anilines is 1. The number of aromatic nitrogens is 6. The van der Waals surface area contributed by atoms with Crippen LogP contribution in [0.2, 0.25) is 0 Å². The zero-order valence-corrected chi connectivity index (χ0v) is 21.9. The lowest BCUT2D eigenvalue weighted by Crippen LogP contribution is -2.46. The second-order valence-corrected chi connectivity index (χ2v) is 9.56. The predicted molar refractivity (Wildman–Crippen MR) is 142 cm³/mol. The number of carbonyl (C=O) groups is 2. The molecule has 3 amide bonds. The van der Waals surface area contributed by atoms with Crippen molar-refractivity contribution in [3.63, 3.8) is 0 Å². The van der Waals surface area contributed by atoms with E-state index in [2.05, 4.69) is 25.5 Å². The summed E-state index contributed by atoms with van der Waals surface area (Å²) in [5.41, 5.74) is 2.73. The van der Waals surface area contributed by atoms with Crippen molar-refractivity contribution in [2.24, 2.45) is 0 Å². The number of nitrogens with one attached hydrogen (secondary N) is 2. The number of pyridine rings is 1. The molecule has 16 heteroatoms. The van der Waals surface area contributed by atoms with Gasteiger partial charge in [-0.2, -0.15) is 27.8 Å². The summed E-state index contributed by atoms with van der Waals surface area (Å²) in [5, 5.41) is 13.8. The van der Waals surface area contributed by atoms with Gasteiger partial charge in [-0.05, 0) is 42.5 Å². The van der Waals surface area contributed by atoms with Gasteiger partial charge in [0.1, 0.15) is 18.1 Å². The summed E-state index contributed by atoms with van der Waals surface area (Å²) in [6.07, 6.45) is -1.96. The van der Waals surface area contributed by atoms with Crippen molar-refractivity contribution in [2.45, 2.75) is 19.3 Å². The Labute approximate surface area is 239 Å². The van der Waals surface area contributed by atoms with E-state index in [0.717, 1.165) is 12.3 Å². The molecule has 0 aliphatic carbocycles. The summed E-state index contributed by atoms with van der Waals surface area (Å²) in [5.74, 6) is -1.75. The summed E-state index contributed by atoms with van der Waals surface area (Å²) in [4.78, 5) is 34.1. The third-order valence-corrected chi connectivity index (χ3v) is 6.63. The van der Waals surface area contributed by atoms with Gasteiger partial charge in [0.15, 0.2) is 11.5 Å². The van der Waals surface area contributed by atoms with Crippen LogP contribution in [-0.4, -0.2) is 65.5 Å². The van der Waals surface area contributed by atoms with Gasteiger partial charge < -0.3 is 15.5 Å². The standard InChI is InChI=1S/C27H20F5N9O2/c28-17-3-1-15(2-4-17)24-23(19-12-39(9-10-40(19)38-24)26(43)34-14-27(30,31)32)18-5-6-22-35-21(13-41(22)37-18)36-25(42)16-7-8-33-20(29)11-16/h1-8,11,13H,9-10,12,14H2,(H,34,43)(H,36,42). The molecule has 0 fully saturated rings. The number of rotatable bonds is 5. The van der Waals surface area contributed by atoms with Gasteiger partial charge in [-0.3, -0.25) is 9.48 Å². The highest BCUT2D eigenvalue weighted by atomic mass is 19.4. The maximum atomic E-state index is 13.7. The summed E-state index contributed by atoms with van der Waals surface area (Å²) >= 11 is 0. The average Bonchev–Trinajstić information content (AvgIpc) is 3.55. The van der Waals surface area contributed by atoms with Crippen molar-refractivity contribution in [3.05, 3.63) is 83.9 Å². The second-order valence-electron chi connectivity index (χ2n) is 9.56. The average molecular weight is 598 g/mol. The van der Waals surface area contributed by atoms with Crippen LogP contribution in [0.5, 0.6) is 0 Å². The van der Waals surface area contributed by atoms with Crippen LogP contribution in [0, 0.1) is 11.8 Å². The molecule has 6 rings (SSSR count). The third-order valence-electron chi connectivity index (χ3n) is 6.63. The molecule has 0 atom stereocenters. The van der Waals surface area contributed by atoms with Gasteiger partial charge in [0.2, 0.25) is 5.95 Å². The van der Waals surface area contributed by atoms with Crippen molar-refractivity contribution in [1.29, 1.82) is 0 Å². The Hall–Kier alpha value is -5.41. The fourth-order valence-corrected chi connectivity index (χ4v) is 4.67. The molecule has 0 unspecified atom stereocenters. The van der Waals surface area contributed by atoms with Crippen LogP contribution in [0.1, 0.15) is 16.1 Å². The Morgan fingerprint density at radius 2 is 1.77 bits per heavy atom. The van der Waals surface area contributed by atoms with Crippen molar-refractivity contribution in [2.75, 3.05) is 18.4 Å². The lowest BCUT2D eigenvalue weighted by molar-refractivity contribution is -0.123. The van der Waals surface area contributed by atoms with Crippen LogP contribution in [-0.2, 0) is 13.1 Å². The van der Waals surface area contributed by atoms with E-state index in [4.69, 9.17) is 0 Å². The minimum absolute atomic E-state index is 0.0393. The number of halogens is 5. The molecule has 11 nitrogen and oxygen atoms in total. The topological polar surface area (TPSA) is 122 Å². The number of hydrogen-bond acceptors (Lipinski definition) is 6. The van der Waals surface area contributed by atoms with E-state index < -0.39 is 36.4 Å². The van der Waals surface area contributed by atoms with E-state index in [9.17, 15) is 31.5 Å². The van der Waals surface area contributed by atoms with Gasteiger partial charge in [-0.15, -0.1) is 0 Å². The molecule has 1 aliphatic rings. The van der Waals surface area contributed by atoms with Gasteiger partial charge in [0.05, 0.1) is 36.2 Å². The first-order valence-electron chi connectivity index (χ1n) is 12.8. The monoisotopic (exact) mass is 597 g/mol. The fraction of sp³-hybridized carbons (Fsp3) is 0.185. The normalized spacial score (nSPS) is 13.2. The molecule has 0 saturated carbocycles. The summed E-state index contributed by atoms with van der Waals surface area (Å²) in [6.45, 7) is -1.23. The second kappa shape index (κ2) is 10.8. The molecule has 0 radical (unpaired) electrons. The number of hydrogen-bond donors (Lipinski definition) is 2. The summed E-state index contributed by atoms with van der Waals surface area (Å²) < 4.78 is 68.3. The van der Waals surface area contributed by atoms with Crippen molar-refractivity contribution in [3.8, 4) is 22.5 Å².